The third-order valence-electron chi connectivity index (χ3n) is 6.66. The van der Waals surface area contributed by atoms with Crippen molar-refractivity contribution >= 4 is 17.1 Å². The molecule has 3 aromatic rings. The number of amides is 1. The first kappa shape index (κ1) is 18.5. The summed E-state index contributed by atoms with van der Waals surface area (Å²) < 4.78 is 1.83. The van der Waals surface area contributed by atoms with Gasteiger partial charge < -0.3 is 11.1 Å². The molecule has 4 rings (SSSR count). The van der Waals surface area contributed by atoms with E-state index in [1.165, 1.54) is 12.0 Å². The number of primary amides is 1. The molecule has 5 nitrogen and oxygen atoms in total. The van der Waals surface area contributed by atoms with Crippen molar-refractivity contribution in [3.8, 4) is 11.1 Å². The van der Waals surface area contributed by atoms with Crippen LogP contribution in [0.15, 0.2) is 42.7 Å². The predicted molar refractivity (Wildman–Crippen MR) is 113 cm³/mol. The second-order valence-electron chi connectivity index (χ2n) is 8.72. The van der Waals surface area contributed by atoms with E-state index in [0.717, 1.165) is 28.8 Å². The third kappa shape index (κ3) is 3.05. The first-order chi connectivity index (χ1) is 13.3. The molecule has 3 N–H and O–H groups in total. The third-order valence-corrected chi connectivity index (χ3v) is 6.66. The number of nitrogens with zero attached hydrogens (tertiary/aromatic N) is 2. The zero-order valence-corrected chi connectivity index (χ0v) is 17.0. The molecule has 2 aromatic heterocycles. The summed E-state index contributed by atoms with van der Waals surface area (Å²) in [5.41, 5.74) is 11.3. The molecule has 0 aliphatic heterocycles. The van der Waals surface area contributed by atoms with Gasteiger partial charge in [0.2, 0.25) is 0 Å². The molecule has 2 atom stereocenters. The van der Waals surface area contributed by atoms with E-state index in [1.807, 2.05) is 10.7 Å². The van der Waals surface area contributed by atoms with E-state index in [0.29, 0.717) is 11.5 Å². The van der Waals surface area contributed by atoms with E-state index in [1.54, 1.807) is 6.20 Å². The van der Waals surface area contributed by atoms with Gasteiger partial charge in [-0.1, -0.05) is 50.6 Å². The monoisotopic (exact) mass is 376 g/mol. The zero-order chi connectivity index (χ0) is 20.1. The fraction of sp³-hybridized carbons (Fsp3) is 0.391. The van der Waals surface area contributed by atoms with Crippen molar-refractivity contribution in [1.29, 1.82) is 0 Å². The number of nitrogens with two attached hydrogens (primary N) is 1. The summed E-state index contributed by atoms with van der Waals surface area (Å²) in [4.78, 5) is 12.1. The Morgan fingerprint density at radius 1 is 1.21 bits per heavy atom. The van der Waals surface area contributed by atoms with Crippen molar-refractivity contribution in [1.82, 2.24) is 9.61 Å². The van der Waals surface area contributed by atoms with Crippen LogP contribution in [-0.2, 0) is 0 Å². The van der Waals surface area contributed by atoms with Crippen LogP contribution in [0.25, 0.3) is 16.6 Å². The van der Waals surface area contributed by atoms with Crippen LogP contribution >= 0.6 is 0 Å². The minimum atomic E-state index is -0.459. The summed E-state index contributed by atoms with van der Waals surface area (Å²) >= 11 is 0. The van der Waals surface area contributed by atoms with Crippen LogP contribution in [0, 0.1) is 18.3 Å². The van der Waals surface area contributed by atoms with Crippen LogP contribution in [0.1, 0.15) is 49.5 Å². The highest BCUT2D eigenvalue weighted by molar-refractivity contribution is 6.02. The zero-order valence-electron chi connectivity index (χ0n) is 17.0. The average Bonchev–Trinajstić information content (AvgIpc) is 3.19. The molecule has 1 aliphatic rings. The lowest BCUT2D eigenvalue weighted by Crippen LogP contribution is -2.35. The molecule has 5 heteroatoms. The van der Waals surface area contributed by atoms with Crippen molar-refractivity contribution < 1.29 is 4.79 Å². The van der Waals surface area contributed by atoms with Crippen molar-refractivity contribution in [3.05, 3.63) is 53.9 Å². The number of carbonyl (C=O) groups excluding carboxylic acids is 1. The summed E-state index contributed by atoms with van der Waals surface area (Å²) in [6.45, 7) is 8.96. The number of anilines is 1. The van der Waals surface area contributed by atoms with Crippen molar-refractivity contribution in [2.75, 3.05) is 5.32 Å². The maximum absolute atomic E-state index is 12.1. The van der Waals surface area contributed by atoms with Gasteiger partial charge in [0.05, 0.1) is 23.0 Å². The highest BCUT2D eigenvalue weighted by Crippen LogP contribution is 2.44. The van der Waals surface area contributed by atoms with Gasteiger partial charge in [-0.2, -0.15) is 5.10 Å². The Hall–Kier alpha value is -2.82. The Balaban J connectivity index is 1.82. The number of hydrogen-bond donors (Lipinski definition) is 2. The molecule has 146 valence electrons. The van der Waals surface area contributed by atoms with Crippen LogP contribution in [0.3, 0.4) is 0 Å². The summed E-state index contributed by atoms with van der Waals surface area (Å²) in [6, 6.07) is 10.8. The van der Waals surface area contributed by atoms with E-state index in [4.69, 9.17) is 5.73 Å². The van der Waals surface area contributed by atoms with Gasteiger partial charge in [0, 0.05) is 17.8 Å². The molecule has 1 aliphatic carbocycles. The number of aromatic nitrogens is 2. The molecule has 1 amide bonds. The molecule has 1 fully saturated rings. The summed E-state index contributed by atoms with van der Waals surface area (Å²) in [7, 11) is 0. The molecule has 1 aromatic carbocycles. The van der Waals surface area contributed by atoms with Gasteiger partial charge in [-0.05, 0) is 42.7 Å². The summed E-state index contributed by atoms with van der Waals surface area (Å²) in [5, 5.41) is 8.10. The number of hydrogen-bond acceptors (Lipinski definition) is 3. The molecule has 28 heavy (non-hydrogen) atoms. The molecule has 2 heterocycles. The second kappa shape index (κ2) is 6.66. The fourth-order valence-electron chi connectivity index (χ4n) is 4.24. The van der Waals surface area contributed by atoms with Gasteiger partial charge >= 0.3 is 0 Å². The standard InChI is InChI=1S/C23H28N4O/c1-14-5-8-16(9-6-14)17-11-19-21(18(22(24)28)12-25-27(19)13-17)26-20-10-7-15(2)23(20,3)4/h5-6,8-9,11-13,15,20,26H,7,10H2,1-4H3,(H2,24,28)/t15?,20-/m1/s1. The molecule has 0 spiro atoms. The molecular weight excluding hydrogens is 348 g/mol. The Bertz CT molecular complexity index is 1030. The van der Waals surface area contributed by atoms with Crippen LogP contribution in [-0.4, -0.2) is 21.6 Å². The molecule has 0 radical (unpaired) electrons. The molecule has 0 saturated heterocycles. The van der Waals surface area contributed by atoms with Crippen LogP contribution < -0.4 is 11.1 Å². The number of rotatable bonds is 4. The quantitative estimate of drug-likeness (QED) is 0.696. The largest absolute Gasteiger partial charge is 0.379 e. The van der Waals surface area contributed by atoms with Gasteiger partial charge in [-0.3, -0.25) is 4.79 Å². The van der Waals surface area contributed by atoms with Gasteiger partial charge in [0.25, 0.3) is 5.91 Å². The maximum atomic E-state index is 12.1. The normalized spacial score (nSPS) is 21.1. The smallest absolute Gasteiger partial charge is 0.252 e. The van der Waals surface area contributed by atoms with E-state index in [-0.39, 0.29) is 11.5 Å². The van der Waals surface area contributed by atoms with Crippen LogP contribution in [0.5, 0.6) is 0 Å². The lowest BCUT2D eigenvalue weighted by atomic mass is 9.80. The summed E-state index contributed by atoms with van der Waals surface area (Å²) in [5.74, 6) is 0.161. The van der Waals surface area contributed by atoms with Crippen molar-refractivity contribution in [2.24, 2.45) is 17.1 Å². The maximum Gasteiger partial charge on any atom is 0.252 e. The second-order valence-corrected chi connectivity index (χ2v) is 8.72. The highest BCUT2D eigenvalue weighted by Gasteiger charge is 2.41. The number of benzene rings is 1. The first-order valence-corrected chi connectivity index (χ1v) is 9.92. The van der Waals surface area contributed by atoms with Gasteiger partial charge in [-0.15, -0.1) is 0 Å². The van der Waals surface area contributed by atoms with Crippen LogP contribution in [0.2, 0.25) is 0 Å². The van der Waals surface area contributed by atoms with Gasteiger partial charge in [-0.25, -0.2) is 4.52 Å². The molecule has 1 unspecified atom stereocenters. The Labute approximate surface area is 165 Å². The summed E-state index contributed by atoms with van der Waals surface area (Å²) in [6.07, 6.45) is 5.82. The topological polar surface area (TPSA) is 72.4 Å². The Morgan fingerprint density at radius 3 is 2.54 bits per heavy atom. The molecular formula is C23H28N4O. The minimum Gasteiger partial charge on any atom is -0.379 e. The van der Waals surface area contributed by atoms with E-state index in [9.17, 15) is 4.79 Å². The van der Waals surface area contributed by atoms with Crippen molar-refractivity contribution in [2.45, 2.75) is 46.6 Å². The number of nitrogens with one attached hydrogen (secondary N) is 1. The van der Waals surface area contributed by atoms with E-state index < -0.39 is 5.91 Å². The average molecular weight is 377 g/mol. The number of aryl methyl sites for hydroxylation is 1. The Kier molecular flexibility index (Phi) is 4.41. The lowest BCUT2D eigenvalue weighted by molar-refractivity contribution is 0.100. The van der Waals surface area contributed by atoms with E-state index >= 15 is 0 Å². The first-order valence-electron chi connectivity index (χ1n) is 9.92. The Morgan fingerprint density at radius 2 is 1.93 bits per heavy atom. The lowest BCUT2D eigenvalue weighted by Gasteiger charge is -2.33. The van der Waals surface area contributed by atoms with Gasteiger partial charge in [0.15, 0.2) is 0 Å². The van der Waals surface area contributed by atoms with Crippen molar-refractivity contribution in [3.63, 3.8) is 0 Å². The van der Waals surface area contributed by atoms with Gasteiger partial charge in [0.1, 0.15) is 0 Å². The van der Waals surface area contributed by atoms with E-state index in [2.05, 4.69) is 68.4 Å². The molecule has 1 saturated carbocycles. The minimum absolute atomic E-state index is 0.140. The number of carbonyl (C=O) groups is 1. The number of fused-ring (bicyclic) bond motifs is 1. The molecule has 0 bridgehead atoms. The predicted octanol–water partition coefficient (Wildman–Crippen LogP) is 4.65. The van der Waals surface area contributed by atoms with Crippen LogP contribution in [0.4, 0.5) is 5.69 Å². The fourth-order valence-corrected chi connectivity index (χ4v) is 4.24. The SMILES string of the molecule is Cc1ccc(-c2cc3c(N[C@@H]4CCC(C)C4(C)C)c(C(N)=O)cnn3c2)cc1. The highest BCUT2D eigenvalue weighted by atomic mass is 16.1.